The van der Waals surface area contributed by atoms with E-state index >= 15 is 0 Å². The zero-order chi connectivity index (χ0) is 101. The summed E-state index contributed by atoms with van der Waals surface area (Å²) in [6, 6.07) is 53.3. The Morgan fingerprint density at radius 3 is 0.913 bits per heavy atom. The maximum Gasteiger partial charge on any atom is 0.407 e. The number of para-hydroxylation sites is 4. The number of hydrogen-bond acceptors (Lipinski definition) is 29. The number of aliphatic hydroxyl groups excluding tert-OH is 3. The third-order valence-electron chi connectivity index (χ3n) is 15.7. The number of carbonyl (C=O) groups excluding carboxylic acids is 12. The maximum absolute atomic E-state index is 12.2. The molecule has 33 nitrogen and oxygen atoms in total. The number of ether oxygens (including phenoxy) is 11. The highest BCUT2D eigenvalue weighted by Gasteiger charge is 2.19. The molecule has 138 heavy (non-hydrogen) atoms. The lowest BCUT2D eigenvalue weighted by Gasteiger charge is -2.09. The zero-order valence-electron chi connectivity index (χ0n) is 77.9. The summed E-state index contributed by atoms with van der Waals surface area (Å²) in [5, 5.41) is 40.1. The first-order valence-electron chi connectivity index (χ1n) is 43.3. The van der Waals surface area contributed by atoms with Gasteiger partial charge in [-0.2, -0.15) is 0 Å². The molecule has 0 unspecified atom stereocenters. The molecular formula is C103H137Cl2N5O28. The van der Waals surface area contributed by atoms with Crippen LogP contribution in [0.3, 0.4) is 0 Å². The minimum Gasteiger partial charge on any atom is -0.478 e. The van der Waals surface area contributed by atoms with Gasteiger partial charge in [-0.3, -0.25) is 24.0 Å². The Bertz CT molecular complexity index is 4700. The average Bonchev–Trinajstić information content (AvgIpc) is 0.865. The van der Waals surface area contributed by atoms with Gasteiger partial charge in [0.05, 0.1) is 26.4 Å². The molecule has 756 valence electrons. The van der Waals surface area contributed by atoms with Gasteiger partial charge in [-0.25, -0.2) is 38.4 Å². The molecule has 7 aromatic rings. The molecule has 7 aromatic carbocycles. The van der Waals surface area contributed by atoms with Crippen LogP contribution in [0.1, 0.15) is 198 Å². The molecule has 35 heteroatoms. The van der Waals surface area contributed by atoms with E-state index in [1.165, 1.54) is 64.1 Å². The van der Waals surface area contributed by atoms with E-state index in [0.29, 0.717) is 77.9 Å². The smallest absolute Gasteiger partial charge is 0.407 e. The number of carboxylic acid groups (broad SMARTS) is 1. The summed E-state index contributed by atoms with van der Waals surface area (Å²) in [5.74, 6) is -4.28. The van der Waals surface area contributed by atoms with Crippen LogP contribution >= 0.6 is 23.2 Å². The molecule has 3 amide bonds. The zero-order valence-corrected chi connectivity index (χ0v) is 79.4. The fraction of sp³-hybridized carbons (Fsp3) is 0.350. The number of hydrogen-bond donors (Lipinski definition) is 9. The van der Waals surface area contributed by atoms with E-state index in [2.05, 4.69) is 104 Å². The summed E-state index contributed by atoms with van der Waals surface area (Å²) >= 11 is 9.68. The predicted molar refractivity (Wildman–Crippen MR) is 531 cm³/mol. The van der Waals surface area contributed by atoms with Crippen molar-refractivity contribution in [1.82, 2.24) is 16.0 Å². The van der Waals surface area contributed by atoms with Gasteiger partial charge in [0.1, 0.15) is 65.1 Å². The Hall–Kier alpha value is -13.9. The molecule has 0 radical (unpaired) electrons. The van der Waals surface area contributed by atoms with E-state index < -0.39 is 70.8 Å². The van der Waals surface area contributed by atoms with Crippen LogP contribution in [-0.2, 0) is 77.0 Å². The lowest BCUT2D eigenvalue weighted by atomic mass is 10.2. The number of rotatable bonds is 45. The number of benzene rings is 7. The summed E-state index contributed by atoms with van der Waals surface area (Å²) in [5.41, 5.74) is 12.1. The number of nitrogens with one attached hydrogen (secondary N) is 3. The van der Waals surface area contributed by atoms with Crippen molar-refractivity contribution >= 4 is 99.9 Å². The van der Waals surface area contributed by atoms with Crippen molar-refractivity contribution in [2.75, 3.05) is 79.5 Å². The van der Waals surface area contributed by atoms with Gasteiger partial charge in [-0.1, -0.05) is 234 Å². The lowest BCUT2D eigenvalue weighted by molar-refractivity contribution is -0.132. The molecule has 0 aromatic heterocycles. The number of halogens is 2. The van der Waals surface area contributed by atoms with Gasteiger partial charge in [0.15, 0.2) is 0 Å². The van der Waals surface area contributed by atoms with Crippen LogP contribution < -0.4 is 46.4 Å². The Morgan fingerprint density at radius 1 is 0.341 bits per heavy atom. The molecule has 0 aliphatic rings. The second kappa shape index (κ2) is 90.9. The number of nitrogens with two attached hydrogens (primary N) is 2. The number of aromatic carboxylic acids is 1. The standard InChI is InChI=1S/C34H45NO5.C20H21NO6.C12H15NO4.C11H15NO3.C9H8O4.C8H7ClO2.C3H5ClO2.C3H9NO.CH4O.2CH4/c1-3-4-5-6-7-8-9-10-11-12-13-14-15-16-17-18-19-20-21-27-33(37)35-28-24-29-39-34(38)31-25-22-23-26-32(31)40-30(2)36;1-15(22)27-18-11-6-5-10-17(18)19(23)25-13-7-12-21-20(24)26-14-16-8-3-2-4-9-16;1-9(14)17-11-6-3-2-5-10(11)12(15)16-8-4-7-13;13-8-4-7-12-11(14)15-9-10-5-2-1-3-6-10;1-6(10)13-8-5-3-2-4-7(8)9(11)12;9-8(10)11-6-7-4-2-1-3-5-7;1-2-6-3(4)5;4-2-1-3-5;1-2;;/h4-5,7-8,10-11,13-14,16-17,19-20,22-23,25-26H,3,6,9,12,15,18,21,24,27-29H2,1-2H3,(H,35,37);2-6,8-11H,7,12-14H2,1H3,(H,21,24);2-3,5-6H,4,7-8,13H2,1H3;1-3,5-6,13H,4,7-9H2,(H,12,14);2-5H,1H3,(H,11,12);1-5H,6H2;2H2,1H3;5H,1-4H2;2H,1H3;2*1H4/b5-4-,8-7-,11-10-,14-13-,17-16-,20-19-;;;;;;;;;;. The van der Waals surface area contributed by atoms with Crippen molar-refractivity contribution in [3.8, 4) is 23.0 Å². The Kier molecular flexibility index (Phi) is 85.8. The lowest BCUT2D eigenvalue weighted by Crippen LogP contribution is -2.26. The number of esters is 7. The van der Waals surface area contributed by atoms with Gasteiger partial charge in [-0.15, -0.1) is 0 Å². The highest BCUT2D eigenvalue weighted by atomic mass is 35.5. The number of alkyl carbamates (subject to hydrolysis) is 2. The largest absolute Gasteiger partial charge is 0.478 e. The first-order chi connectivity index (χ1) is 65.7. The third kappa shape index (κ3) is 76.4. The predicted octanol–water partition coefficient (Wildman–Crippen LogP) is 18.7. The Balaban J connectivity index is -0.000000796. The van der Waals surface area contributed by atoms with Crippen molar-refractivity contribution in [2.45, 2.75) is 160 Å². The van der Waals surface area contributed by atoms with E-state index in [4.69, 9.17) is 93.0 Å². The Morgan fingerprint density at radius 2 is 0.623 bits per heavy atom. The van der Waals surface area contributed by atoms with Crippen molar-refractivity contribution in [3.05, 3.63) is 300 Å². The molecule has 11 N–H and O–H groups in total. The van der Waals surface area contributed by atoms with Crippen LogP contribution in [0.2, 0.25) is 0 Å². The summed E-state index contributed by atoms with van der Waals surface area (Å²) in [6.07, 6.45) is 34.6. The van der Waals surface area contributed by atoms with Crippen molar-refractivity contribution in [2.24, 2.45) is 11.5 Å². The topological polar surface area (TPSA) is 492 Å². The second-order valence-corrected chi connectivity index (χ2v) is 27.4. The molecule has 0 fully saturated rings. The SMILES string of the molecule is C.C.CC(=O)Oc1ccccc1C(=O)O.CC(=O)Oc1ccccc1C(=O)OCCCN.CC(=O)Oc1ccccc1C(=O)OCCCNC(=O)OCc1ccccc1.CC/C=C\C/C=C\C/C=C\C/C=C\C/C=C\C/C=C\CCC(=O)NCCCOC(=O)c1ccccc1OC(C)=O.CCOC(=O)Cl.CO.NCCCO.O=C(Cl)OCc1ccccc1.O=C(NCCCO)OCc1ccccc1. The highest BCUT2D eigenvalue weighted by molar-refractivity contribution is 6.61. The minimum atomic E-state index is -1.11. The van der Waals surface area contributed by atoms with Crippen LogP contribution in [0.4, 0.5) is 19.2 Å². The summed E-state index contributed by atoms with van der Waals surface area (Å²) in [4.78, 5) is 145. The molecule has 7 rings (SSSR count). The fourth-order valence-corrected chi connectivity index (χ4v) is 9.74. The van der Waals surface area contributed by atoms with Gasteiger partial charge >= 0.3 is 70.8 Å². The number of carboxylic acids is 1. The van der Waals surface area contributed by atoms with Crippen LogP contribution in [-0.4, -0.2) is 177 Å². The fourth-order valence-electron chi connectivity index (χ4n) is 9.58. The van der Waals surface area contributed by atoms with Crippen molar-refractivity contribution in [3.63, 3.8) is 0 Å². The second-order valence-electron chi connectivity index (χ2n) is 26.8. The highest BCUT2D eigenvalue weighted by Crippen LogP contribution is 2.23. The van der Waals surface area contributed by atoms with E-state index in [-0.39, 0.29) is 119 Å². The van der Waals surface area contributed by atoms with Crippen LogP contribution in [0, 0.1) is 0 Å². The first kappa shape index (κ1) is 130. The summed E-state index contributed by atoms with van der Waals surface area (Å²) in [6.45, 7) is 12.9. The molecule has 0 aliphatic carbocycles. The molecule has 0 heterocycles. The maximum atomic E-state index is 12.2. The van der Waals surface area contributed by atoms with Gasteiger partial charge in [-0.05, 0) is 162 Å². The van der Waals surface area contributed by atoms with E-state index in [0.717, 1.165) is 68.7 Å². The van der Waals surface area contributed by atoms with E-state index in [9.17, 15) is 62.3 Å². The van der Waals surface area contributed by atoms with Crippen molar-refractivity contribution < 1.29 is 135 Å². The normalized spacial score (nSPS) is 9.99. The first-order valence-corrected chi connectivity index (χ1v) is 44.1. The summed E-state index contributed by atoms with van der Waals surface area (Å²) in [7, 11) is 1.00. The molecular weight excluding hydrogens is 1830 g/mol. The molecule has 0 atom stereocenters. The number of aliphatic hydroxyl groups is 3. The Labute approximate surface area is 819 Å². The van der Waals surface area contributed by atoms with Gasteiger partial charge in [0.2, 0.25) is 5.91 Å². The van der Waals surface area contributed by atoms with Gasteiger partial charge in [0.25, 0.3) is 0 Å². The monoisotopic (exact) mass is 1960 g/mol. The molecule has 0 bridgehead atoms. The van der Waals surface area contributed by atoms with Crippen LogP contribution in [0.25, 0.3) is 0 Å². The number of carbonyl (C=O) groups is 13. The van der Waals surface area contributed by atoms with Crippen LogP contribution in [0.5, 0.6) is 23.0 Å². The molecule has 0 saturated heterocycles. The van der Waals surface area contributed by atoms with E-state index in [1.807, 2.05) is 97.1 Å². The van der Waals surface area contributed by atoms with Gasteiger partial charge in [0, 0.05) is 97.3 Å². The van der Waals surface area contributed by atoms with Gasteiger partial charge < -0.3 is 99.9 Å². The number of allylic oxidation sites excluding steroid dienone is 12. The molecule has 0 aliphatic heterocycles. The van der Waals surface area contributed by atoms with E-state index in [1.54, 1.807) is 67.6 Å². The third-order valence-corrected chi connectivity index (χ3v) is 15.9. The molecule has 0 spiro atoms. The van der Waals surface area contributed by atoms with Crippen LogP contribution in [0.15, 0.2) is 261 Å². The number of amides is 3. The minimum absolute atomic E-state index is 0. The molecule has 0 saturated carbocycles. The quantitative estimate of drug-likeness (QED) is 0.00427. The average molecular weight is 1960 g/mol. The summed E-state index contributed by atoms with van der Waals surface area (Å²) < 4.78 is 53.7. The van der Waals surface area contributed by atoms with Crippen molar-refractivity contribution in [1.29, 1.82) is 0 Å².